The van der Waals surface area contributed by atoms with Crippen molar-refractivity contribution < 1.29 is 19.1 Å². The van der Waals surface area contributed by atoms with Crippen molar-refractivity contribution in [2.75, 3.05) is 13.2 Å². The highest BCUT2D eigenvalue weighted by Crippen LogP contribution is 2.17. The van der Waals surface area contributed by atoms with Gasteiger partial charge in [0.2, 0.25) is 0 Å². The van der Waals surface area contributed by atoms with Gasteiger partial charge in [-0.2, -0.15) is 0 Å². The van der Waals surface area contributed by atoms with Gasteiger partial charge in [0.25, 0.3) is 5.91 Å². The summed E-state index contributed by atoms with van der Waals surface area (Å²) in [5, 5.41) is 3.36. The minimum Gasteiger partial charge on any atom is -0.454 e. The van der Waals surface area contributed by atoms with Crippen LogP contribution >= 0.6 is 11.6 Å². The molecule has 1 heterocycles. The fourth-order valence-corrected chi connectivity index (χ4v) is 2.33. The van der Waals surface area contributed by atoms with E-state index in [0.29, 0.717) is 18.1 Å². The molecular weight excluding hydrogens is 294 g/mol. The number of ether oxygens (including phenoxy) is 2. The maximum atomic E-state index is 11.8. The van der Waals surface area contributed by atoms with Crippen LogP contribution in [0.5, 0.6) is 0 Å². The molecule has 0 aromatic heterocycles. The predicted octanol–water partition coefficient (Wildman–Crippen LogP) is 2.24. The van der Waals surface area contributed by atoms with E-state index in [0.717, 1.165) is 12.0 Å². The maximum Gasteiger partial charge on any atom is 0.335 e. The number of hydrogen-bond acceptors (Lipinski definition) is 4. The zero-order chi connectivity index (χ0) is 15.2. The summed E-state index contributed by atoms with van der Waals surface area (Å²) in [7, 11) is 0. The number of amides is 1. The molecule has 1 fully saturated rings. The van der Waals surface area contributed by atoms with Gasteiger partial charge in [0.05, 0.1) is 6.04 Å². The quantitative estimate of drug-likeness (QED) is 0.847. The Morgan fingerprint density at radius 2 is 2.33 bits per heavy atom. The Hall–Kier alpha value is -1.59. The molecule has 0 aliphatic carbocycles. The standard InChI is InChI=1S/C15H18ClNO4/c1-10(11-4-2-5-12(16)8-11)17-14(18)9-21-15(19)13-6-3-7-20-13/h2,4-5,8,10,13H,3,6-7,9H2,1H3,(H,17,18)/t10-,13-/m0/s1. The number of halogens is 1. The first-order chi connectivity index (χ1) is 10.1. The van der Waals surface area contributed by atoms with Crippen LogP contribution in [0.15, 0.2) is 24.3 Å². The smallest absolute Gasteiger partial charge is 0.335 e. The topological polar surface area (TPSA) is 64.6 Å². The summed E-state index contributed by atoms with van der Waals surface area (Å²) in [6.07, 6.45) is 0.972. The molecule has 21 heavy (non-hydrogen) atoms. The Morgan fingerprint density at radius 3 is 3.00 bits per heavy atom. The van der Waals surface area contributed by atoms with Gasteiger partial charge in [-0.1, -0.05) is 23.7 Å². The first kappa shape index (κ1) is 15.8. The fraction of sp³-hybridized carbons (Fsp3) is 0.467. The number of carbonyl (C=O) groups excluding carboxylic acids is 2. The summed E-state index contributed by atoms with van der Waals surface area (Å²) in [4.78, 5) is 23.4. The average Bonchev–Trinajstić information content (AvgIpc) is 2.99. The number of rotatable bonds is 5. The minimum absolute atomic E-state index is 0.211. The summed E-state index contributed by atoms with van der Waals surface area (Å²) in [5.41, 5.74) is 0.890. The Balaban J connectivity index is 1.77. The average molecular weight is 312 g/mol. The van der Waals surface area contributed by atoms with Crippen molar-refractivity contribution in [3.63, 3.8) is 0 Å². The highest BCUT2D eigenvalue weighted by molar-refractivity contribution is 6.30. The van der Waals surface area contributed by atoms with Crippen LogP contribution in [0, 0.1) is 0 Å². The largest absolute Gasteiger partial charge is 0.454 e. The molecule has 0 spiro atoms. The predicted molar refractivity (Wildman–Crippen MR) is 77.9 cm³/mol. The lowest BCUT2D eigenvalue weighted by Gasteiger charge is -2.15. The molecule has 2 rings (SSSR count). The third kappa shape index (κ3) is 4.72. The Labute approximate surface area is 128 Å². The van der Waals surface area contributed by atoms with Crippen LogP contribution in [0.2, 0.25) is 5.02 Å². The summed E-state index contributed by atoms with van der Waals surface area (Å²) < 4.78 is 10.1. The van der Waals surface area contributed by atoms with Gasteiger partial charge < -0.3 is 14.8 Å². The second kappa shape index (κ2) is 7.43. The van der Waals surface area contributed by atoms with Crippen molar-refractivity contribution in [3.05, 3.63) is 34.9 Å². The van der Waals surface area contributed by atoms with Crippen molar-refractivity contribution in [2.45, 2.75) is 31.9 Å². The van der Waals surface area contributed by atoms with E-state index in [4.69, 9.17) is 21.1 Å². The molecule has 1 amide bonds. The summed E-state index contributed by atoms with van der Waals surface area (Å²) >= 11 is 5.90. The lowest BCUT2D eigenvalue weighted by atomic mass is 10.1. The highest BCUT2D eigenvalue weighted by atomic mass is 35.5. The molecular formula is C15H18ClNO4. The van der Waals surface area contributed by atoms with Gasteiger partial charge in [-0.25, -0.2) is 4.79 Å². The summed E-state index contributed by atoms with van der Waals surface area (Å²) in [5.74, 6) is -0.827. The van der Waals surface area contributed by atoms with Crippen molar-refractivity contribution in [3.8, 4) is 0 Å². The van der Waals surface area contributed by atoms with E-state index in [9.17, 15) is 9.59 Å². The first-order valence-electron chi connectivity index (χ1n) is 6.89. The van der Waals surface area contributed by atoms with E-state index in [-0.39, 0.29) is 18.6 Å². The van der Waals surface area contributed by atoms with Crippen LogP contribution in [0.1, 0.15) is 31.4 Å². The van der Waals surface area contributed by atoms with E-state index >= 15 is 0 Å². The molecule has 0 unspecified atom stereocenters. The molecule has 1 aliphatic rings. The van der Waals surface area contributed by atoms with Crippen molar-refractivity contribution in [2.24, 2.45) is 0 Å². The zero-order valence-corrected chi connectivity index (χ0v) is 12.6. The Kier molecular flexibility index (Phi) is 5.59. The van der Waals surface area contributed by atoms with E-state index in [1.165, 1.54) is 0 Å². The normalized spacial score (nSPS) is 19.0. The van der Waals surface area contributed by atoms with E-state index < -0.39 is 12.1 Å². The number of esters is 1. The lowest BCUT2D eigenvalue weighted by molar-refractivity contribution is -0.157. The summed E-state index contributed by atoms with van der Waals surface area (Å²) in [6.45, 7) is 2.10. The molecule has 2 atom stereocenters. The third-order valence-electron chi connectivity index (χ3n) is 3.26. The molecule has 0 saturated carbocycles. The maximum absolute atomic E-state index is 11.8. The van der Waals surface area contributed by atoms with Crippen LogP contribution in [-0.4, -0.2) is 31.2 Å². The van der Waals surface area contributed by atoms with Gasteiger partial charge >= 0.3 is 5.97 Å². The fourth-order valence-electron chi connectivity index (χ4n) is 2.14. The van der Waals surface area contributed by atoms with Crippen LogP contribution in [0.4, 0.5) is 0 Å². The lowest BCUT2D eigenvalue weighted by Crippen LogP contribution is -2.33. The van der Waals surface area contributed by atoms with Gasteiger partial charge in [0.1, 0.15) is 0 Å². The molecule has 0 radical (unpaired) electrons. The number of benzene rings is 1. The molecule has 5 nitrogen and oxygen atoms in total. The second-order valence-corrected chi connectivity index (χ2v) is 5.39. The SMILES string of the molecule is C[C@H](NC(=O)COC(=O)[C@@H]1CCCO1)c1cccc(Cl)c1. The van der Waals surface area contributed by atoms with Crippen LogP contribution in [0.3, 0.4) is 0 Å². The van der Waals surface area contributed by atoms with Crippen molar-refractivity contribution >= 4 is 23.5 Å². The third-order valence-corrected chi connectivity index (χ3v) is 3.50. The first-order valence-corrected chi connectivity index (χ1v) is 7.27. The van der Waals surface area contributed by atoms with Gasteiger partial charge in [-0.3, -0.25) is 4.79 Å². The monoisotopic (exact) mass is 311 g/mol. The van der Waals surface area contributed by atoms with Crippen LogP contribution in [0.25, 0.3) is 0 Å². The molecule has 114 valence electrons. The Morgan fingerprint density at radius 1 is 1.52 bits per heavy atom. The van der Waals surface area contributed by atoms with E-state index in [1.807, 2.05) is 19.1 Å². The van der Waals surface area contributed by atoms with Crippen LogP contribution in [-0.2, 0) is 19.1 Å². The van der Waals surface area contributed by atoms with E-state index in [2.05, 4.69) is 5.32 Å². The zero-order valence-electron chi connectivity index (χ0n) is 11.8. The molecule has 1 aliphatic heterocycles. The second-order valence-electron chi connectivity index (χ2n) is 4.95. The van der Waals surface area contributed by atoms with Gasteiger partial charge in [-0.15, -0.1) is 0 Å². The van der Waals surface area contributed by atoms with Gasteiger partial charge in [0.15, 0.2) is 12.7 Å². The Bertz CT molecular complexity index is 514. The molecule has 1 aromatic carbocycles. The molecule has 1 N–H and O–H groups in total. The van der Waals surface area contributed by atoms with Gasteiger partial charge in [0, 0.05) is 11.6 Å². The van der Waals surface area contributed by atoms with E-state index in [1.54, 1.807) is 12.1 Å². The number of nitrogens with one attached hydrogen (secondary N) is 1. The minimum atomic E-state index is -0.525. The number of carbonyl (C=O) groups is 2. The molecule has 0 bridgehead atoms. The van der Waals surface area contributed by atoms with Crippen molar-refractivity contribution in [1.29, 1.82) is 0 Å². The van der Waals surface area contributed by atoms with Gasteiger partial charge in [-0.05, 0) is 37.5 Å². The molecule has 1 aromatic rings. The summed E-state index contributed by atoms with van der Waals surface area (Å²) in [6, 6.07) is 7.03. The van der Waals surface area contributed by atoms with Crippen LogP contribution < -0.4 is 5.32 Å². The molecule has 1 saturated heterocycles. The molecule has 6 heteroatoms. The van der Waals surface area contributed by atoms with Crippen molar-refractivity contribution in [1.82, 2.24) is 5.32 Å². The number of hydrogen-bond donors (Lipinski definition) is 1. The highest BCUT2D eigenvalue weighted by Gasteiger charge is 2.25.